The van der Waals surface area contributed by atoms with E-state index in [0.717, 1.165) is 11.1 Å². The average Bonchev–Trinajstić information content (AvgIpc) is 2.93. The fourth-order valence-corrected chi connectivity index (χ4v) is 2.48. The molecule has 0 spiro atoms. The smallest absolute Gasteiger partial charge is 0.335 e. The Balaban J connectivity index is 2.07. The number of rotatable bonds is 5. The average molecular weight is 313 g/mol. The Kier molecular flexibility index (Phi) is 3.94. The summed E-state index contributed by atoms with van der Waals surface area (Å²) in [6, 6.07) is 8.37. The number of carboxylic acids is 1. The lowest BCUT2D eigenvalue weighted by Gasteiger charge is -2.12. The summed E-state index contributed by atoms with van der Waals surface area (Å²) in [6.07, 6.45) is 1.64. The molecule has 0 amide bonds. The van der Waals surface area contributed by atoms with Gasteiger partial charge in [0.2, 0.25) is 0 Å². The van der Waals surface area contributed by atoms with Crippen LogP contribution in [0.4, 0.5) is 0 Å². The maximum absolute atomic E-state index is 11.1. The molecule has 1 aromatic carbocycles. The summed E-state index contributed by atoms with van der Waals surface area (Å²) in [4.78, 5) is 19.5. The Bertz CT molecular complexity index is 873. The highest BCUT2D eigenvalue weighted by atomic mass is 16.5. The second-order valence-corrected chi connectivity index (χ2v) is 4.95. The van der Waals surface area contributed by atoms with Crippen molar-refractivity contribution in [1.29, 1.82) is 0 Å². The fourth-order valence-electron chi connectivity index (χ4n) is 2.48. The molecular formula is C16H15N3O4. The molecule has 7 nitrogen and oxygen atoms in total. The number of pyridine rings is 1. The number of carbonyl (C=O) groups is 1. The summed E-state index contributed by atoms with van der Waals surface area (Å²) in [5.74, 6) is -0.0502. The van der Waals surface area contributed by atoms with Crippen molar-refractivity contribution < 1.29 is 19.7 Å². The molecule has 2 heterocycles. The summed E-state index contributed by atoms with van der Waals surface area (Å²) in [5, 5.41) is 18.6. The van der Waals surface area contributed by atoms with Crippen LogP contribution in [-0.2, 0) is 13.2 Å². The van der Waals surface area contributed by atoms with Crippen LogP contribution in [0.25, 0.3) is 11.2 Å². The SMILES string of the molecule is COc1cc(C(=O)O)ccc1Cn1c(CO)nc2ncccc21. The third-order valence-electron chi connectivity index (χ3n) is 3.61. The van der Waals surface area contributed by atoms with Gasteiger partial charge in [0.15, 0.2) is 5.65 Å². The van der Waals surface area contributed by atoms with Gasteiger partial charge < -0.3 is 19.5 Å². The molecule has 0 fully saturated rings. The Morgan fingerprint density at radius 3 is 2.87 bits per heavy atom. The van der Waals surface area contributed by atoms with Crippen molar-refractivity contribution in [1.82, 2.24) is 14.5 Å². The Hall–Kier alpha value is -2.93. The number of imidazole rings is 1. The Morgan fingerprint density at radius 2 is 2.17 bits per heavy atom. The van der Waals surface area contributed by atoms with Gasteiger partial charge in [-0.2, -0.15) is 0 Å². The third-order valence-corrected chi connectivity index (χ3v) is 3.61. The molecule has 0 atom stereocenters. The van der Waals surface area contributed by atoms with E-state index in [0.29, 0.717) is 23.8 Å². The summed E-state index contributed by atoms with van der Waals surface area (Å²) in [6.45, 7) is 0.174. The van der Waals surface area contributed by atoms with Gasteiger partial charge in [0, 0.05) is 11.8 Å². The first-order valence-electron chi connectivity index (χ1n) is 6.95. The summed E-state index contributed by atoms with van der Waals surface area (Å²) >= 11 is 0. The second kappa shape index (κ2) is 6.05. The normalized spacial score (nSPS) is 10.9. The standard InChI is InChI=1S/C16H15N3O4/c1-23-13-7-10(16(21)22)4-5-11(13)8-19-12-3-2-6-17-15(12)18-14(19)9-20/h2-7,20H,8-9H2,1H3,(H,21,22). The van der Waals surface area contributed by atoms with Crippen molar-refractivity contribution in [3.63, 3.8) is 0 Å². The quantitative estimate of drug-likeness (QED) is 0.744. The predicted octanol–water partition coefficient (Wildman–Crippen LogP) is 1.68. The van der Waals surface area contributed by atoms with Crippen LogP contribution in [0.15, 0.2) is 36.5 Å². The number of benzene rings is 1. The molecule has 0 bridgehead atoms. The van der Waals surface area contributed by atoms with Gasteiger partial charge in [0.1, 0.15) is 18.2 Å². The zero-order valence-electron chi connectivity index (χ0n) is 12.4. The van der Waals surface area contributed by atoms with E-state index in [4.69, 9.17) is 9.84 Å². The van der Waals surface area contributed by atoms with Crippen molar-refractivity contribution >= 4 is 17.1 Å². The molecule has 0 aliphatic carbocycles. The van der Waals surface area contributed by atoms with E-state index in [1.807, 2.05) is 10.6 Å². The molecule has 2 N–H and O–H groups in total. The van der Waals surface area contributed by atoms with E-state index in [2.05, 4.69) is 9.97 Å². The summed E-state index contributed by atoms with van der Waals surface area (Å²) in [7, 11) is 1.49. The zero-order valence-corrected chi connectivity index (χ0v) is 12.4. The van der Waals surface area contributed by atoms with Gasteiger partial charge in [-0.25, -0.2) is 14.8 Å². The Morgan fingerprint density at radius 1 is 1.35 bits per heavy atom. The summed E-state index contributed by atoms with van der Waals surface area (Å²) < 4.78 is 7.13. The van der Waals surface area contributed by atoms with Crippen molar-refractivity contribution in [2.45, 2.75) is 13.2 Å². The number of aromatic carboxylic acids is 1. The van der Waals surface area contributed by atoms with Crippen LogP contribution in [0.3, 0.4) is 0 Å². The first-order chi connectivity index (χ1) is 11.1. The number of carboxylic acid groups (broad SMARTS) is 1. The third kappa shape index (κ3) is 2.74. The second-order valence-electron chi connectivity index (χ2n) is 4.95. The lowest BCUT2D eigenvalue weighted by molar-refractivity contribution is 0.0696. The van der Waals surface area contributed by atoms with Gasteiger partial charge in [0.05, 0.1) is 24.7 Å². The van der Waals surface area contributed by atoms with Gasteiger partial charge in [-0.15, -0.1) is 0 Å². The molecule has 3 aromatic rings. The van der Waals surface area contributed by atoms with E-state index in [9.17, 15) is 9.90 Å². The van der Waals surface area contributed by atoms with Gasteiger partial charge in [-0.3, -0.25) is 0 Å². The maximum atomic E-state index is 11.1. The molecular weight excluding hydrogens is 298 g/mol. The molecule has 0 aliphatic heterocycles. The van der Waals surface area contributed by atoms with E-state index < -0.39 is 5.97 Å². The number of fused-ring (bicyclic) bond motifs is 1. The highest BCUT2D eigenvalue weighted by Crippen LogP contribution is 2.24. The van der Waals surface area contributed by atoms with Crippen molar-refractivity contribution in [2.24, 2.45) is 0 Å². The highest BCUT2D eigenvalue weighted by Gasteiger charge is 2.14. The van der Waals surface area contributed by atoms with Crippen LogP contribution in [0, 0.1) is 0 Å². The van der Waals surface area contributed by atoms with E-state index in [1.54, 1.807) is 18.3 Å². The van der Waals surface area contributed by atoms with Crippen LogP contribution in [0.2, 0.25) is 0 Å². The van der Waals surface area contributed by atoms with Gasteiger partial charge in [0.25, 0.3) is 0 Å². The van der Waals surface area contributed by atoms with Gasteiger partial charge in [-0.05, 0) is 24.3 Å². The largest absolute Gasteiger partial charge is 0.496 e. The summed E-state index contributed by atoms with van der Waals surface area (Å²) in [5.41, 5.74) is 2.29. The lowest BCUT2D eigenvalue weighted by Crippen LogP contribution is -2.07. The topological polar surface area (TPSA) is 97.5 Å². The zero-order chi connectivity index (χ0) is 16.4. The molecule has 23 heavy (non-hydrogen) atoms. The first-order valence-corrected chi connectivity index (χ1v) is 6.95. The molecule has 0 saturated carbocycles. The number of hydrogen-bond donors (Lipinski definition) is 2. The maximum Gasteiger partial charge on any atom is 0.335 e. The minimum atomic E-state index is -1.01. The van der Waals surface area contributed by atoms with E-state index in [-0.39, 0.29) is 12.2 Å². The molecule has 0 radical (unpaired) electrons. The number of hydrogen-bond acceptors (Lipinski definition) is 5. The number of methoxy groups -OCH3 is 1. The molecule has 0 saturated heterocycles. The van der Waals surface area contributed by atoms with E-state index >= 15 is 0 Å². The van der Waals surface area contributed by atoms with Crippen LogP contribution < -0.4 is 4.74 Å². The molecule has 0 aliphatic rings. The minimum Gasteiger partial charge on any atom is -0.496 e. The highest BCUT2D eigenvalue weighted by molar-refractivity contribution is 5.88. The monoisotopic (exact) mass is 313 g/mol. The van der Waals surface area contributed by atoms with Crippen LogP contribution in [0.5, 0.6) is 5.75 Å². The predicted molar refractivity (Wildman–Crippen MR) is 82.5 cm³/mol. The van der Waals surface area contributed by atoms with Crippen LogP contribution in [-0.4, -0.2) is 37.8 Å². The van der Waals surface area contributed by atoms with Crippen molar-refractivity contribution in [3.05, 3.63) is 53.5 Å². The minimum absolute atomic E-state index is 0.158. The van der Waals surface area contributed by atoms with Crippen molar-refractivity contribution in [3.8, 4) is 5.75 Å². The van der Waals surface area contributed by atoms with Crippen LogP contribution in [0.1, 0.15) is 21.7 Å². The Labute approximate surface area is 131 Å². The first kappa shape index (κ1) is 15.0. The lowest BCUT2D eigenvalue weighted by atomic mass is 10.1. The molecule has 118 valence electrons. The van der Waals surface area contributed by atoms with Crippen molar-refractivity contribution in [2.75, 3.05) is 7.11 Å². The van der Waals surface area contributed by atoms with E-state index in [1.165, 1.54) is 19.2 Å². The van der Waals surface area contributed by atoms with Crippen LogP contribution >= 0.6 is 0 Å². The molecule has 3 rings (SSSR count). The molecule has 2 aromatic heterocycles. The number of aromatic nitrogens is 3. The fraction of sp³-hybridized carbons (Fsp3) is 0.188. The molecule has 7 heteroatoms. The molecule has 0 unspecified atom stereocenters. The van der Waals surface area contributed by atoms with Gasteiger partial charge in [-0.1, -0.05) is 6.07 Å². The number of ether oxygens (including phenoxy) is 1. The van der Waals surface area contributed by atoms with Gasteiger partial charge >= 0.3 is 5.97 Å². The number of aliphatic hydroxyl groups is 1. The number of nitrogens with zero attached hydrogens (tertiary/aromatic N) is 3. The number of aliphatic hydroxyl groups excluding tert-OH is 1.